The molecule has 0 spiro atoms. The molecule has 8 heteroatoms. The Morgan fingerprint density at radius 2 is 1.67 bits per heavy atom. The molecule has 1 aliphatic heterocycles. The Hall–Kier alpha value is -3.26. The van der Waals surface area contributed by atoms with Crippen LogP contribution in [0, 0.1) is 27.7 Å². The van der Waals surface area contributed by atoms with Crippen molar-refractivity contribution in [2.45, 2.75) is 41.0 Å². The summed E-state index contributed by atoms with van der Waals surface area (Å²) in [6, 6.07) is 9.99. The van der Waals surface area contributed by atoms with Crippen LogP contribution in [0.3, 0.4) is 0 Å². The van der Waals surface area contributed by atoms with Crippen LogP contribution in [0.2, 0.25) is 0 Å². The normalized spacial score (nSPS) is 14.5. The summed E-state index contributed by atoms with van der Waals surface area (Å²) in [6.07, 6.45) is 0.250. The number of hydrogen-bond acceptors (Lipinski definition) is 6. The molecule has 3 heterocycles. The van der Waals surface area contributed by atoms with Gasteiger partial charge in [0.05, 0.1) is 23.5 Å². The van der Waals surface area contributed by atoms with E-state index < -0.39 is 0 Å². The molecule has 33 heavy (non-hydrogen) atoms. The summed E-state index contributed by atoms with van der Waals surface area (Å²) in [6.45, 7) is 15.0. The molecule has 0 aliphatic carbocycles. The smallest absolute Gasteiger partial charge is 0.251 e. The average Bonchev–Trinajstić information content (AvgIpc) is 3.07. The van der Waals surface area contributed by atoms with E-state index in [9.17, 15) is 4.79 Å². The van der Waals surface area contributed by atoms with E-state index >= 15 is 0 Å². The fourth-order valence-corrected chi connectivity index (χ4v) is 4.44. The lowest BCUT2D eigenvalue weighted by Crippen LogP contribution is -2.46. The van der Waals surface area contributed by atoms with Gasteiger partial charge in [0.1, 0.15) is 0 Å². The van der Waals surface area contributed by atoms with Crippen molar-refractivity contribution in [3.63, 3.8) is 0 Å². The van der Waals surface area contributed by atoms with Crippen LogP contribution in [0.25, 0.3) is 5.95 Å². The summed E-state index contributed by atoms with van der Waals surface area (Å²) < 4.78 is 1.74. The number of piperazine rings is 1. The molecule has 1 amide bonds. The molecule has 1 N–H and O–H groups in total. The van der Waals surface area contributed by atoms with E-state index in [-0.39, 0.29) is 12.3 Å². The minimum atomic E-state index is -0.0539. The van der Waals surface area contributed by atoms with Crippen molar-refractivity contribution >= 4 is 17.3 Å². The molecule has 0 atom stereocenters. The lowest BCUT2D eigenvalue weighted by molar-refractivity contribution is -0.115. The second-order valence-electron chi connectivity index (χ2n) is 8.68. The number of anilines is 2. The predicted octanol–water partition coefficient (Wildman–Crippen LogP) is 3.22. The summed E-state index contributed by atoms with van der Waals surface area (Å²) in [5.74, 6) is 0.484. The Balaban J connectivity index is 1.51. The number of amides is 1. The van der Waals surface area contributed by atoms with E-state index in [1.807, 2.05) is 52.0 Å². The van der Waals surface area contributed by atoms with Gasteiger partial charge in [-0.15, -0.1) is 0 Å². The van der Waals surface area contributed by atoms with Crippen molar-refractivity contribution in [3.8, 4) is 5.95 Å². The number of nitrogens with zero attached hydrogens (tertiary/aromatic N) is 6. The standard InChI is InChI=1S/C25H33N7O/c1-6-30-11-13-31(14-12-30)23-10-8-7-9-22(23)28-24(33)16-21-19(4)29-32(20(21)5)25-26-17(2)15-18(3)27-25/h7-10,15H,6,11-14,16H2,1-5H3,(H,28,33). The van der Waals surface area contributed by atoms with Crippen LogP contribution in [-0.2, 0) is 11.2 Å². The largest absolute Gasteiger partial charge is 0.367 e. The first kappa shape index (κ1) is 22.9. The fraction of sp³-hybridized carbons (Fsp3) is 0.440. The first-order valence-electron chi connectivity index (χ1n) is 11.6. The number of aromatic nitrogens is 4. The van der Waals surface area contributed by atoms with Crippen molar-refractivity contribution in [1.82, 2.24) is 24.6 Å². The maximum atomic E-state index is 13.1. The van der Waals surface area contributed by atoms with Gasteiger partial charge in [0, 0.05) is 48.8 Å². The SMILES string of the molecule is CCN1CCN(c2ccccc2NC(=O)Cc2c(C)nn(-c3nc(C)cc(C)n3)c2C)CC1. The first-order valence-corrected chi connectivity index (χ1v) is 11.6. The first-order chi connectivity index (χ1) is 15.9. The van der Waals surface area contributed by atoms with Crippen molar-refractivity contribution < 1.29 is 4.79 Å². The zero-order valence-corrected chi connectivity index (χ0v) is 20.2. The molecule has 1 saturated heterocycles. The van der Waals surface area contributed by atoms with Gasteiger partial charge in [-0.1, -0.05) is 19.1 Å². The van der Waals surface area contributed by atoms with Crippen LogP contribution in [0.1, 0.15) is 35.3 Å². The number of aryl methyl sites for hydroxylation is 3. The van der Waals surface area contributed by atoms with Gasteiger partial charge in [-0.2, -0.15) is 5.10 Å². The Kier molecular flexibility index (Phi) is 6.74. The van der Waals surface area contributed by atoms with E-state index in [4.69, 9.17) is 0 Å². The van der Waals surface area contributed by atoms with Crippen molar-refractivity contribution in [2.24, 2.45) is 0 Å². The molecule has 0 saturated carbocycles. The highest BCUT2D eigenvalue weighted by atomic mass is 16.1. The third-order valence-electron chi connectivity index (χ3n) is 6.28. The number of likely N-dealkylation sites (N-methyl/N-ethyl adjacent to an activating group) is 1. The summed E-state index contributed by atoms with van der Waals surface area (Å²) >= 11 is 0. The molecular weight excluding hydrogens is 414 g/mol. The zero-order chi connectivity index (χ0) is 23.5. The lowest BCUT2D eigenvalue weighted by Gasteiger charge is -2.36. The number of para-hydroxylation sites is 2. The van der Waals surface area contributed by atoms with Crippen molar-refractivity contribution in [1.29, 1.82) is 0 Å². The second kappa shape index (κ2) is 9.70. The molecule has 8 nitrogen and oxygen atoms in total. The number of rotatable bonds is 6. The molecule has 2 aromatic heterocycles. The number of benzene rings is 1. The molecule has 1 aliphatic rings. The number of nitrogens with one attached hydrogen (secondary N) is 1. The molecule has 0 unspecified atom stereocenters. The minimum Gasteiger partial charge on any atom is -0.367 e. The molecule has 3 aromatic rings. The number of carbonyl (C=O) groups excluding carboxylic acids is 1. The summed E-state index contributed by atoms with van der Waals surface area (Å²) in [4.78, 5) is 26.9. The molecular formula is C25H33N7O. The van der Waals surface area contributed by atoms with Gasteiger partial charge < -0.3 is 15.1 Å². The Labute approximate surface area is 195 Å². The van der Waals surface area contributed by atoms with Crippen LogP contribution in [-0.4, -0.2) is 63.3 Å². The van der Waals surface area contributed by atoms with Gasteiger partial charge in [0.25, 0.3) is 5.95 Å². The molecule has 1 aromatic carbocycles. The molecule has 174 valence electrons. The Bertz CT molecular complexity index is 1130. The molecule has 4 rings (SSSR count). The van der Waals surface area contributed by atoms with E-state index in [1.165, 1.54) is 0 Å². The predicted molar refractivity (Wildman–Crippen MR) is 131 cm³/mol. The maximum Gasteiger partial charge on any atom is 0.251 e. The maximum absolute atomic E-state index is 13.1. The third kappa shape index (κ3) is 5.06. The van der Waals surface area contributed by atoms with Crippen molar-refractivity contribution in [2.75, 3.05) is 42.9 Å². The molecule has 0 bridgehead atoms. The van der Waals surface area contributed by atoms with E-state index in [0.717, 1.165) is 72.4 Å². The van der Waals surface area contributed by atoms with E-state index in [0.29, 0.717) is 5.95 Å². The fourth-order valence-electron chi connectivity index (χ4n) is 4.44. The van der Waals surface area contributed by atoms with Crippen LogP contribution >= 0.6 is 0 Å². The van der Waals surface area contributed by atoms with Gasteiger partial charge in [0.2, 0.25) is 5.91 Å². The Morgan fingerprint density at radius 1 is 1.00 bits per heavy atom. The van der Waals surface area contributed by atoms with Crippen LogP contribution < -0.4 is 10.2 Å². The number of hydrogen-bond donors (Lipinski definition) is 1. The monoisotopic (exact) mass is 447 g/mol. The number of carbonyl (C=O) groups is 1. The topological polar surface area (TPSA) is 79.2 Å². The molecule has 1 fully saturated rings. The van der Waals surface area contributed by atoms with Gasteiger partial charge in [-0.25, -0.2) is 14.6 Å². The van der Waals surface area contributed by atoms with E-state index in [1.54, 1.807) is 4.68 Å². The highest BCUT2D eigenvalue weighted by Gasteiger charge is 2.21. The third-order valence-corrected chi connectivity index (χ3v) is 6.28. The van der Waals surface area contributed by atoms with Gasteiger partial charge in [0.15, 0.2) is 0 Å². The highest BCUT2D eigenvalue weighted by molar-refractivity contribution is 5.95. The quantitative estimate of drug-likeness (QED) is 0.625. The van der Waals surface area contributed by atoms with Gasteiger partial charge >= 0.3 is 0 Å². The Morgan fingerprint density at radius 3 is 2.33 bits per heavy atom. The minimum absolute atomic E-state index is 0.0539. The van der Waals surface area contributed by atoms with Gasteiger partial charge in [-0.05, 0) is 52.4 Å². The van der Waals surface area contributed by atoms with Crippen LogP contribution in [0.4, 0.5) is 11.4 Å². The van der Waals surface area contributed by atoms with Gasteiger partial charge in [-0.3, -0.25) is 4.79 Å². The van der Waals surface area contributed by atoms with Crippen LogP contribution in [0.15, 0.2) is 30.3 Å². The van der Waals surface area contributed by atoms with E-state index in [2.05, 4.69) is 43.2 Å². The summed E-state index contributed by atoms with van der Waals surface area (Å²) in [7, 11) is 0. The lowest BCUT2D eigenvalue weighted by atomic mass is 10.1. The van der Waals surface area contributed by atoms with Crippen molar-refractivity contribution in [3.05, 3.63) is 58.7 Å². The second-order valence-corrected chi connectivity index (χ2v) is 8.68. The highest BCUT2D eigenvalue weighted by Crippen LogP contribution is 2.27. The van der Waals surface area contributed by atoms with Crippen LogP contribution in [0.5, 0.6) is 0 Å². The summed E-state index contributed by atoms with van der Waals surface area (Å²) in [5.41, 5.74) is 6.32. The summed E-state index contributed by atoms with van der Waals surface area (Å²) in [5, 5.41) is 7.77. The zero-order valence-electron chi connectivity index (χ0n) is 20.2. The molecule has 0 radical (unpaired) electrons. The average molecular weight is 448 g/mol.